The number of anilines is 1. The van der Waals surface area contributed by atoms with Crippen LogP contribution < -0.4 is 5.32 Å². The lowest BCUT2D eigenvalue weighted by Gasteiger charge is -2.30. The molecule has 0 saturated carbocycles. The fourth-order valence-electron chi connectivity index (χ4n) is 2.77. The third-order valence-corrected chi connectivity index (χ3v) is 7.71. The fourth-order valence-corrected chi connectivity index (χ4v) is 5.93. The van der Waals surface area contributed by atoms with Crippen LogP contribution in [0.3, 0.4) is 0 Å². The molecule has 1 saturated heterocycles. The third kappa shape index (κ3) is 4.01. The van der Waals surface area contributed by atoms with Crippen molar-refractivity contribution in [3.05, 3.63) is 33.3 Å². The number of carbonyl (C=O) groups excluding carboxylic acids is 1. The van der Waals surface area contributed by atoms with Gasteiger partial charge in [-0.05, 0) is 31.9 Å². The lowest BCUT2D eigenvalue weighted by Crippen LogP contribution is -2.41. The minimum absolute atomic E-state index is 0.0870. The number of aromatic nitrogens is 2. The van der Waals surface area contributed by atoms with E-state index < -0.39 is 10.0 Å². The summed E-state index contributed by atoms with van der Waals surface area (Å²) in [6.07, 6.45) is 0.815. The van der Waals surface area contributed by atoms with Crippen molar-refractivity contribution in [1.29, 1.82) is 0 Å². The molecule has 1 aromatic heterocycles. The Hall–Kier alpha value is -1.26. The van der Waals surface area contributed by atoms with Crippen LogP contribution in [-0.2, 0) is 14.8 Å². The van der Waals surface area contributed by atoms with Crippen LogP contribution in [0.15, 0.2) is 23.1 Å². The minimum atomic E-state index is -3.81. The molecule has 1 N–H and O–H groups in total. The number of hydrogen-bond acceptors (Lipinski definition) is 6. The molecule has 1 aliphatic heterocycles. The lowest BCUT2D eigenvalue weighted by molar-refractivity contribution is -0.120. The standard InChI is InChI=1S/C15H16Cl2N4O3S2/c1-9-19-20-15(25-9)18-14(22)10-5-7-21(8-6-10)26(23,24)13-11(16)3-2-4-12(13)17/h2-4,10H,5-8H2,1H3,(H,18,20,22). The van der Waals surface area contributed by atoms with Crippen LogP contribution >= 0.6 is 34.5 Å². The lowest BCUT2D eigenvalue weighted by atomic mass is 9.97. The summed E-state index contributed by atoms with van der Waals surface area (Å²) >= 11 is 13.4. The quantitative estimate of drug-likeness (QED) is 0.797. The van der Waals surface area contributed by atoms with Gasteiger partial charge in [-0.15, -0.1) is 10.2 Å². The largest absolute Gasteiger partial charge is 0.300 e. The number of benzene rings is 1. The maximum Gasteiger partial charge on any atom is 0.246 e. The van der Waals surface area contributed by atoms with Crippen molar-refractivity contribution < 1.29 is 13.2 Å². The Bertz CT molecular complexity index is 904. The summed E-state index contributed by atoms with van der Waals surface area (Å²) in [6.45, 7) is 2.24. The Balaban J connectivity index is 1.67. The number of sulfonamides is 1. The molecule has 1 aromatic carbocycles. The SMILES string of the molecule is Cc1nnc(NC(=O)C2CCN(S(=O)(=O)c3c(Cl)cccc3Cl)CC2)s1. The molecule has 0 atom stereocenters. The van der Waals surface area contributed by atoms with Gasteiger partial charge in [0.15, 0.2) is 0 Å². The molecule has 0 bridgehead atoms. The molecular weight excluding hydrogens is 419 g/mol. The van der Waals surface area contributed by atoms with Gasteiger partial charge in [-0.1, -0.05) is 40.6 Å². The van der Waals surface area contributed by atoms with Crippen molar-refractivity contribution in [2.75, 3.05) is 18.4 Å². The van der Waals surface area contributed by atoms with Crippen LogP contribution in [0.5, 0.6) is 0 Å². The Labute approximate surface area is 165 Å². The van der Waals surface area contributed by atoms with Gasteiger partial charge in [0, 0.05) is 19.0 Å². The molecule has 26 heavy (non-hydrogen) atoms. The second-order valence-corrected chi connectivity index (χ2v) is 9.72. The van der Waals surface area contributed by atoms with Crippen LogP contribution in [0.4, 0.5) is 5.13 Å². The molecule has 1 fully saturated rings. The summed E-state index contributed by atoms with van der Waals surface area (Å²) in [7, 11) is -3.81. The monoisotopic (exact) mass is 434 g/mol. The Morgan fingerprint density at radius 2 is 1.85 bits per heavy atom. The van der Waals surface area contributed by atoms with E-state index in [1.807, 2.05) is 0 Å². The zero-order valence-electron chi connectivity index (χ0n) is 13.8. The summed E-state index contributed by atoms with van der Waals surface area (Å²) in [6, 6.07) is 4.57. The van der Waals surface area contributed by atoms with Gasteiger partial charge in [-0.25, -0.2) is 8.42 Å². The number of nitrogens with one attached hydrogen (secondary N) is 1. The molecule has 11 heteroatoms. The smallest absolute Gasteiger partial charge is 0.246 e. The average molecular weight is 435 g/mol. The van der Waals surface area contributed by atoms with Crippen molar-refractivity contribution in [3.8, 4) is 0 Å². The van der Waals surface area contributed by atoms with Gasteiger partial charge in [0.25, 0.3) is 0 Å². The van der Waals surface area contributed by atoms with E-state index in [4.69, 9.17) is 23.2 Å². The first-order valence-electron chi connectivity index (χ1n) is 7.84. The summed E-state index contributed by atoms with van der Waals surface area (Å²) in [5.74, 6) is -0.457. The Morgan fingerprint density at radius 1 is 1.23 bits per heavy atom. The van der Waals surface area contributed by atoms with Gasteiger partial charge < -0.3 is 5.32 Å². The number of carbonyl (C=O) groups is 1. The Kier molecular flexibility index (Phi) is 5.83. The molecule has 1 amide bonds. The Morgan fingerprint density at radius 3 is 2.38 bits per heavy atom. The zero-order valence-corrected chi connectivity index (χ0v) is 16.9. The summed E-state index contributed by atoms with van der Waals surface area (Å²) in [4.78, 5) is 12.2. The summed E-state index contributed by atoms with van der Waals surface area (Å²) in [5, 5.41) is 11.8. The third-order valence-electron chi connectivity index (χ3n) is 4.10. The molecule has 1 aliphatic rings. The highest BCUT2D eigenvalue weighted by Crippen LogP contribution is 2.33. The second kappa shape index (κ2) is 7.77. The van der Waals surface area contributed by atoms with Gasteiger partial charge in [-0.3, -0.25) is 4.79 Å². The molecule has 0 spiro atoms. The minimum Gasteiger partial charge on any atom is -0.300 e. The first-order valence-corrected chi connectivity index (χ1v) is 10.9. The number of rotatable bonds is 4. The maximum absolute atomic E-state index is 12.8. The zero-order chi connectivity index (χ0) is 18.9. The van der Waals surface area contributed by atoms with Gasteiger partial charge in [0.1, 0.15) is 9.90 Å². The van der Waals surface area contributed by atoms with Crippen molar-refractivity contribution in [3.63, 3.8) is 0 Å². The highest BCUT2D eigenvalue weighted by Gasteiger charge is 2.34. The van der Waals surface area contributed by atoms with Gasteiger partial charge in [0.2, 0.25) is 21.1 Å². The van der Waals surface area contributed by atoms with E-state index in [0.717, 1.165) is 5.01 Å². The number of halogens is 2. The van der Waals surface area contributed by atoms with E-state index >= 15 is 0 Å². The number of aryl methyl sites for hydroxylation is 1. The molecule has 0 radical (unpaired) electrons. The van der Waals surface area contributed by atoms with E-state index in [1.165, 1.54) is 27.8 Å². The van der Waals surface area contributed by atoms with E-state index in [2.05, 4.69) is 15.5 Å². The molecule has 0 unspecified atom stereocenters. The highest BCUT2D eigenvalue weighted by molar-refractivity contribution is 7.89. The van der Waals surface area contributed by atoms with Crippen LogP contribution in [-0.4, -0.2) is 41.9 Å². The molecule has 2 aromatic rings. The van der Waals surface area contributed by atoms with Gasteiger partial charge >= 0.3 is 0 Å². The molecule has 3 rings (SSSR count). The predicted octanol–water partition coefficient (Wildman–Crippen LogP) is 3.19. The summed E-state index contributed by atoms with van der Waals surface area (Å²) in [5.41, 5.74) is 0. The average Bonchev–Trinajstić information content (AvgIpc) is 2.99. The van der Waals surface area contributed by atoms with Crippen LogP contribution in [0, 0.1) is 12.8 Å². The van der Waals surface area contributed by atoms with Crippen LogP contribution in [0.25, 0.3) is 0 Å². The number of amides is 1. The predicted molar refractivity (Wildman–Crippen MR) is 101 cm³/mol. The van der Waals surface area contributed by atoms with Gasteiger partial charge in [0.05, 0.1) is 10.0 Å². The fraction of sp³-hybridized carbons (Fsp3) is 0.400. The molecular formula is C15H16Cl2N4O3S2. The topological polar surface area (TPSA) is 92.3 Å². The van der Waals surface area contributed by atoms with Crippen LogP contribution in [0.2, 0.25) is 10.0 Å². The van der Waals surface area contributed by atoms with Crippen molar-refractivity contribution in [1.82, 2.24) is 14.5 Å². The first kappa shape index (κ1) is 19.5. The second-order valence-electron chi connectivity index (χ2n) is 5.84. The molecule has 2 heterocycles. The number of hydrogen-bond donors (Lipinski definition) is 1. The van der Waals surface area contributed by atoms with Gasteiger partial charge in [-0.2, -0.15) is 4.31 Å². The van der Waals surface area contributed by atoms with E-state index in [0.29, 0.717) is 18.0 Å². The van der Waals surface area contributed by atoms with Crippen LogP contribution in [0.1, 0.15) is 17.8 Å². The molecule has 7 nitrogen and oxygen atoms in total. The van der Waals surface area contributed by atoms with E-state index in [-0.39, 0.29) is 39.9 Å². The highest BCUT2D eigenvalue weighted by atomic mass is 35.5. The van der Waals surface area contributed by atoms with Crippen molar-refractivity contribution in [2.45, 2.75) is 24.7 Å². The summed E-state index contributed by atoms with van der Waals surface area (Å²) < 4.78 is 27.0. The molecule has 140 valence electrons. The number of piperidine rings is 1. The van der Waals surface area contributed by atoms with E-state index in [1.54, 1.807) is 13.0 Å². The first-order chi connectivity index (χ1) is 12.3. The van der Waals surface area contributed by atoms with Crippen molar-refractivity contribution in [2.24, 2.45) is 5.92 Å². The number of nitrogens with zero attached hydrogens (tertiary/aromatic N) is 3. The maximum atomic E-state index is 12.8. The normalized spacial score (nSPS) is 16.6. The van der Waals surface area contributed by atoms with Crippen molar-refractivity contribution >= 4 is 55.6 Å². The molecule has 0 aliphatic carbocycles. The van der Waals surface area contributed by atoms with E-state index in [9.17, 15) is 13.2 Å².